The number of hydrazone groups is 1. The number of carbonyl (C=O) groups excluding carboxylic acids is 1. The molecule has 0 aromatic heterocycles. The van der Waals surface area contributed by atoms with Crippen LogP contribution in [-0.4, -0.2) is 18.4 Å². The molecular formula is C12H14Cl2N2O2. The van der Waals surface area contributed by atoms with Gasteiger partial charge >= 0.3 is 6.09 Å². The maximum Gasteiger partial charge on any atom is 0.427 e. The van der Waals surface area contributed by atoms with Crippen LogP contribution in [0, 0.1) is 0 Å². The highest BCUT2D eigenvalue weighted by molar-refractivity contribution is 6.37. The Labute approximate surface area is 116 Å². The average molecular weight is 289 g/mol. The van der Waals surface area contributed by atoms with Crippen molar-refractivity contribution in [3.8, 4) is 0 Å². The van der Waals surface area contributed by atoms with E-state index in [1.54, 1.807) is 25.1 Å². The van der Waals surface area contributed by atoms with Crippen LogP contribution in [0.15, 0.2) is 23.3 Å². The second kappa shape index (κ2) is 7.24. The minimum Gasteiger partial charge on any atom is -0.449 e. The highest BCUT2D eigenvalue weighted by atomic mass is 35.5. The number of rotatable bonds is 4. The molecule has 0 aliphatic heterocycles. The molecule has 98 valence electrons. The van der Waals surface area contributed by atoms with E-state index >= 15 is 0 Å². The van der Waals surface area contributed by atoms with Gasteiger partial charge in [0.25, 0.3) is 0 Å². The summed E-state index contributed by atoms with van der Waals surface area (Å²) in [7, 11) is 0. The largest absolute Gasteiger partial charge is 0.449 e. The molecule has 0 aliphatic rings. The lowest BCUT2D eigenvalue weighted by atomic mass is 10.1. The fraction of sp³-hybridized carbons (Fsp3) is 0.333. The van der Waals surface area contributed by atoms with Crippen molar-refractivity contribution in [3.05, 3.63) is 33.8 Å². The molecule has 0 aliphatic carbocycles. The number of halogens is 2. The standard InChI is InChI=1S/C12H14Cl2N2O2/c1-3-11(15-16-12(17)18-4-2)9-6-5-8(13)7-10(9)14/h5-7H,3-4H2,1-2H3,(H,16,17)/b15-11+. The van der Waals surface area contributed by atoms with E-state index in [2.05, 4.69) is 10.5 Å². The Morgan fingerprint density at radius 2 is 2.11 bits per heavy atom. The number of hydrogen-bond donors (Lipinski definition) is 1. The Morgan fingerprint density at radius 1 is 1.39 bits per heavy atom. The van der Waals surface area contributed by atoms with Crippen molar-refractivity contribution >= 4 is 35.0 Å². The lowest BCUT2D eigenvalue weighted by Gasteiger charge is -2.07. The first-order chi connectivity index (χ1) is 8.58. The van der Waals surface area contributed by atoms with Gasteiger partial charge in [-0.1, -0.05) is 36.2 Å². The molecule has 0 heterocycles. The molecule has 1 N–H and O–H groups in total. The van der Waals surface area contributed by atoms with E-state index < -0.39 is 6.09 Å². The zero-order valence-electron chi connectivity index (χ0n) is 10.2. The van der Waals surface area contributed by atoms with Gasteiger partial charge in [-0.3, -0.25) is 0 Å². The first-order valence-corrected chi connectivity index (χ1v) is 6.28. The maximum absolute atomic E-state index is 11.1. The van der Waals surface area contributed by atoms with Crippen molar-refractivity contribution in [1.82, 2.24) is 5.43 Å². The molecule has 0 atom stereocenters. The molecule has 4 nitrogen and oxygen atoms in total. The van der Waals surface area contributed by atoms with Crippen LogP contribution >= 0.6 is 23.2 Å². The number of nitrogens with one attached hydrogen (secondary N) is 1. The Bertz CT molecular complexity index is 461. The van der Waals surface area contributed by atoms with Gasteiger partial charge in [0.2, 0.25) is 0 Å². The Morgan fingerprint density at radius 3 is 2.67 bits per heavy atom. The fourth-order valence-corrected chi connectivity index (χ4v) is 1.85. The van der Waals surface area contributed by atoms with Gasteiger partial charge in [0.1, 0.15) is 0 Å². The summed E-state index contributed by atoms with van der Waals surface area (Å²) in [4.78, 5) is 11.1. The van der Waals surface area contributed by atoms with Crippen LogP contribution in [0.3, 0.4) is 0 Å². The molecule has 0 unspecified atom stereocenters. The molecule has 18 heavy (non-hydrogen) atoms. The van der Waals surface area contributed by atoms with Gasteiger partial charge < -0.3 is 4.74 Å². The first-order valence-electron chi connectivity index (χ1n) is 5.53. The summed E-state index contributed by atoms with van der Waals surface area (Å²) >= 11 is 11.9. The number of amides is 1. The summed E-state index contributed by atoms with van der Waals surface area (Å²) in [6, 6.07) is 5.12. The summed E-state index contributed by atoms with van der Waals surface area (Å²) in [6.45, 7) is 3.93. The molecule has 1 aromatic carbocycles. The third-order valence-corrected chi connectivity index (χ3v) is 2.68. The molecule has 1 aromatic rings. The van der Waals surface area contributed by atoms with Gasteiger partial charge in [0.15, 0.2) is 0 Å². The summed E-state index contributed by atoms with van der Waals surface area (Å²) in [5.74, 6) is 0. The van der Waals surface area contributed by atoms with E-state index in [-0.39, 0.29) is 0 Å². The van der Waals surface area contributed by atoms with Gasteiger partial charge in [0, 0.05) is 10.6 Å². The van der Waals surface area contributed by atoms with E-state index in [1.807, 2.05) is 6.92 Å². The maximum atomic E-state index is 11.1. The highest BCUT2D eigenvalue weighted by Crippen LogP contribution is 2.22. The smallest absolute Gasteiger partial charge is 0.427 e. The quantitative estimate of drug-likeness (QED) is 0.676. The number of benzene rings is 1. The molecule has 6 heteroatoms. The normalized spacial score (nSPS) is 11.2. The van der Waals surface area contributed by atoms with E-state index in [9.17, 15) is 4.79 Å². The first kappa shape index (κ1) is 14.8. The molecule has 0 fully saturated rings. The summed E-state index contributed by atoms with van der Waals surface area (Å²) in [5, 5.41) is 5.03. The molecule has 0 spiro atoms. The van der Waals surface area contributed by atoms with E-state index in [0.717, 1.165) is 5.56 Å². The van der Waals surface area contributed by atoms with E-state index in [4.69, 9.17) is 27.9 Å². The van der Waals surface area contributed by atoms with Crippen LogP contribution in [0.4, 0.5) is 4.79 Å². The molecule has 0 bridgehead atoms. The van der Waals surface area contributed by atoms with Crippen LogP contribution in [0.1, 0.15) is 25.8 Å². The van der Waals surface area contributed by atoms with Crippen molar-refractivity contribution in [2.45, 2.75) is 20.3 Å². The van der Waals surface area contributed by atoms with Crippen molar-refractivity contribution in [1.29, 1.82) is 0 Å². The number of ether oxygens (including phenoxy) is 1. The van der Waals surface area contributed by atoms with Gasteiger partial charge in [-0.15, -0.1) is 0 Å². The van der Waals surface area contributed by atoms with Gasteiger partial charge in [-0.05, 0) is 25.5 Å². The Kier molecular flexibility index (Phi) is 5.95. The fourth-order valence-electron chi connectivity index (χ4n) is 1.33. The van der Waals surface area contributed by atoms with Crippen molar-refractivity contribution in [2.24, 2.45) is 5.10 Å². The summed E-state index contributed by atoms with van der Waals surface area (Å²) in [6.07, 6.45) is 0.0295. The molecule has 0 saturated carbocycles. The second-order valence-electron chi connectivity index (χ2n) is 3.37. The molecule has 0 radical (unpaired) electrons. The van der Waals surface area contributed by atoms with Gasteiger partial charge in [-0.25, -0.2) is 10.2 Å². The van der Waals surface area contributed by atoms with E-state index in [0.29, 0.717) is 28.8 Å². The number of carbonyl (C=O) groups is 1. The third-order valence-electron chi connectivity index (χ3n) is 2.13. The van der Waals surface area contributed by atoms with Crippen LogP contribution in [-0.2, 0) is 4.74 Å². The number of nitrogens with zero attached hydrogens (tertiary/aromatic N) is 1. The average Bonchev–Trinajstić information content (AvgIpc) is 2.32. The minimum absolute atomic E-state index is 0.296. The predicted molar refractivity (Wildman–Crippen MR) is 73.4 cm³/mol. The third kappa shape index (κ3) is 4.20. The molecular weight excluding hydrogens is 275 g/mol. The lowest BCUT2D eigenvalue weighted by Crippen LogP contribution is -2.21. The minimum atomic E-state index is -0.589. The monoisotopic (exact) mass is 288 g/mol. The van der Waals surface area contributed by atoms with Crippen molar-refractivity contribution in [3.63, 3.8) is 0 Å². The van der Waals surface area contributed by atoms with Crippen LogP contribution in [0.2, 0.25) is 10.0 Å². The van der Waals surface area contributed by atoms with E-state index in [1.165, 1.54) is 0 Å². The predicted octanol–water partition coefficient (Wildman–Crippen LogP) is 3.85. The Balaban J connectivity index is 2.88. The SMILES string of the molecule is CCOC(=O)N/N=C(\CC)c1ccc(Cl)cc1Cl. The van der Waals surface area contributed by atoms with Gasteiger partial charge in [-0.2, -0.15) is 5.10 Å². The molecule has 0 saturated heterocycles. The van der Waals surface area contributed by atoms with Crippen molar-refractivity contribution < 1.29 is 9.53 Å². The number of hydrogen-bond acceptors (Lipinski definition) is 3. The van der Waals surface area contributed by atoms with Crippen LogP contribution in [0.5, 0.6) is 0 Å². The zero-order chi connectivity index (χ0) is 13.5. The summed E-state index contributed by atoms with van der Waals surface area (Å²) in [5.41, 5.74) is 3.70. The summed E-state index contributed by atoms with van der Waals surface area (Å²) < 4.78 is 4.71. The van der Waals surface area contributed by atoms with Crippen molar-refractivity contribution in [2.75, 3.05) is 6.61 Å². The molecule has 1 rings (SSSR count). The van der Waals surface area contributed by atoms with Crippen LogP contribution in [0.25, 0.3) is 0 Å². The lowest BCUT2D eigenvalue weighted by molar-refractivity contribution is 0.152. The van der Waals surface area contributed by atoms with Gasteiger partial charge in [0.05, 0.1) is 17.3 Å². The second-order valence-corrected chi connectivity index (χ2v) is 4.21. The topological polar surface area (TPSA) is 50.7 Å². The Hall–Kier alpha value is -1.26. The molecule has 1 amide bonds. The highest BCUT2D eigenvalue weighted by Gasteiger charge is 2.08. The zero-order valence-corrected chi connectivity index (χ0v) is 11.7. The van der Waals surface area contributed by atoms with Crippen LogP contribution < -0.4 is 5.43 Å².